The highest BCUT2D eigenvalue weighted by atomic mass is 28.4. The van der Waals surface area contributed by atoms with Gasteiger partial charge in [0, 0.05) is 12.3 Å². The maximum absolute atomic E-state index is 11.3. The van der Waals surface area contributed by atoms with Crippen LogP contribution in [0.5, 0.6) is 0 Å². The Morgan fingerprint density at radius 2 is 1.00 bits per heavy atom. The fraction of sp³-hybridized carbons (Fsp3) is 0.238. The van der Waals surface area contributed by atoms with Crippen molar-refractivity contribution in [2.75, 3.05) is 6.61 Å². The average molecular weight is 625 g/mol. The molecule has 1 N–H and O–H groups in total. The van der Waals surface area contributed by atoms with Crippen molar-refractivity contribution in [3.8, 4) is 0 Å². The molecule has 0 amide bonds. The first-order valence-corrected chi connectivity index (χ1v) is 18.1. The van der Waals surface area contributed by atoms with Crippen LogP contribution in [0.3, 0.4) is 0 Å². The molecule has 6 rings (SSSR count). The lowest BCUT2D eigenvalue weighted by atomic mass is 9.80. The van der Waals surface area contributed by atoms with Gasteiger partial charge in [-0.2, -0.15) is 0 Å². The number of aliphatic hydroxyl groups is 1. The third-order valence-electron chi connectivity index (χ3n) is 9.57. The molecule has 3 nitrogen and oxygen atoms in total. The molecule has 0 saturated heterocycles. The number of ether oxygens (including phenoxy) is 1. The summed E-state index contributed by atoms with van der Waals surface area (Å²) in [7, 11) is -2.89. The Kier molecular flexibility index (Phi) is 9.26. The van der Waals surface area contributed by atoms with E-state index < -0.39 is 20.0 Å². The van der Waals surface area contributed by atoms with Crippen LogP contribution in [0.1, 0.15) is 43.9 Å². The van der Waals surface area contributed by atoms with Crippen molar-refractivity contribution in [3.63, 3.8) is 0 Å². The molecule has 1 aliphatic rings. The Labute approximate surface area is 275 Å². The van der Waals surface area contributed by atoms with E-state index in [1.807, 2.05) is 18.2 Å². The van der Waals surface area contributed by atoms with Crippen molar-refractivity contribution in [3.05, 3.63) is 181 Å². The van der Waals surface area contributed by atoms with Crippen LogP contribution in [-0.4, -0.2) is 32.2 Å². The van der Waals surface area contributed by atoms with Gasteiger partial charge in [0.1, 0.15) is 5.60 Å². The molecule has 234 valence electrons. The molecule has 0 radical (unpaired) electrons. The average Bonchev–Trinajstić information content (AvgIpc) is 3.36. The minimum absolute atomic E-state index is 0.197. The van der Waals surface area contributed by atoms with Gasteiger partial charge in [-0.05, 0) is 37.7 Å². The van der Waals surface area contributed by atoms with E-state index in [1.165, 1.54) is 10.4 Å². The van der Waals surface area contributed by atoms with E-state index in [0.29, 0.717) is 13.0 Å². The molecule has 5 aromatic rings. The van der Waals surface area contributed by atoms with Gasteiger partial charge in [0.25, 0.3) is 8.32 Å². The summed E-state index contributed by atoms with van der Waals surface area (Å²) in [6.07, 6.45) is -0.475. The van der Waals surface area contributed by atoms with E-state index in [-0.39, 0.29) is 17.1 Å². The van der Waals surface area contributed by atoms with Crippen molar-refractivity contribution in [1.29, 1.82) is 0 Å². The molecule has 0 aromatic heterocycles. The second kappa shape index (κ2) is 13.3. The molecular formula is C42H44O3Si. The first-order valence-electron chi connectivity index (χ1n) is 16.2. The lowest BCUT2D eigenvalue weighted by Gasteiger charge is -2.46. The molecular weight excluding hydrogens is 581 g/mol. The minimum Gasteiger partial charge on any atom is -0.404 e. The van der Waals surface area contributed by atoms with Crippen molar-refractivity contribution in [2.45, 2.75) is 50.0 Å². The Morgan fingerprint density at radius 1 is 0.630 bits per heavy atom. The third kappa shape index (κ3) is 5.83. The van der Waals surface area contributed by atoms with Gasteiger partial charge in [-0.15, -0.1) is 0 Å². The SMILES string of the molecule is C=C1C(O)C[C@H](O[Si](c2ccccc2)(c2ccccc2)C(C)(C)C)C1COC(c1ccccc1)(c1ccccc1)c1ccccc1. The van der Waals surface area contributed by atoms with Crippen LogP contribution < -0.4 is 10.4 Å². The fourth-order valence-electron chi connectivity index (χ4n) is 7.27. The van der Waals surface area contributed by atoms with Gasteiger partial charge >= 0.3 is 0 Å². The van der Waals surface area contributed by atoms with Gasteiger partial charge in [-0.3, -0.25) is 0 Å². The van der Waals surface area contributed by atoms with E-state index in [2.05, 4.69) is 161 Å². The number of benzene rings is 5. The van der Waals surface area contributed by atoms with Crippen molar-refractivity contribution in [1.82, 2.24) is 0 Å². The predicted octanol–water partition coefficient (Wildman–Crippen LogP) is 7.88. The highest BCUT2D eigenvalue weighted by molar-refractivity contribution is 6.99. The molecule has 3 atom stereocenters. The molecule has 1 aliphatic carbocycles. The van der Waals surface area contributed by atoms with E-state index in [4.69, 9.17) is 9.16 Å². The second-order valence-corrected chi connectivity index (χ2v) is 17.6. The van der Waals surface area contributed by atoms with E-state index >= 15 is 0 Å². The molecule has 4 heteroatoms. The molecule has 46 heavy (non-hydrogen) atoms. The van der Waals surface area contributed by atoms with Gasteiger partial charge < -0.3 is 14.3 Å². The lowest BCUT2D eigenvalue weighted by molar-refractivity contribution is -0.0197. The molecule has 0 heterocycles. The normalized spacial score (nSPS) is 18.9. The lowest BCUT2D eigenvalue weighted by Crippen LogP contribution is -2.68. The second-order valence-electron chi connectivity index (χ2n) is 13.3. The molecule has 5 aromatic carbocycles. The summed E-state index contributed by atoms with van der Waals surface area (Å²) in [6.45, 7) is 11.6. The van der Waals surface area contributed by atoms with Crippen LogP contribution in [0.2, 0.25) is 5.04 Å². The Hall–Kier alpha value is -4.06. The molecule has 0 aliphatic heterocycles. The van der Waals surface area contributed by atoms with Gasteiger partial charge in [0.05, 0.1) is 18.8 Å². The van der Waals surface area contributed by atoms with E-state index in [0.717, 1.165) is 22.3 Å². The summed E-state index contributed by atoms with van der Waals surface area (Å²) in [5.74, 6) is -0.216. The van der Waals surface area contributed by atoms with Gasteiger partial charge in [-0.1, -0.05) is 179 Å². The molecule has 0 bridgehead atoms. The molecule has 2 unspecified atom stereocenters. The number of rotatable bonds is 10. The van der Waals surface area contributed by atoms with Crippen molar-refractivity contribution in [2.24, 2.45) is 5.92 Å². The van der Waals surface area contributed by atoms with Crippen molar-refractivity contribution >= 4 is 18.7 Å². The molecule has 0 spiro atoms. The van der Waals surface area contributed by atoms with Gasteiger partial charge in [-0.25, -0.2) is 0 Å². The van der Waals surface area contributed by atoms with E-state index in [1.54, 1.807) is 0 Å². The summed E-state index contributed by atoms with van der Waals surface area (Å²) in [6, 6.07) is 52.7. The van der Waals surface area contributed by atoms with Crippen LogP contribution in [0, 0.1) is 5.92 Å². The summed E-state index contributed by atoms with van der Waals surface area (Å²) in [5.41, 5.74) is 3.02. The molecule has 1 fully saturated rings. The van der Waals surface area contributed by atoms with Gasteiger partial charge in [0.2, 0.25) is 0 Å². The quantitative estimate of drug-likeness (QED) is 0.0976. The summed E-state index contributed by atoms with van der Waals surface area (Å²) in [5, 5.41) is 13.6. The van der Waals surface area contributed by atoms with Crippen LogP contribution in [0.4, 0.5) is 0 Å². The standard InChI is InChI=1S/C42H44O3Si/c1-32-38(31-44-42(33-20-10-5-11-21-33,34-22-12-6-13-23-34)35-24-14-7-15-25-35)40(30-39(32)43)45-46(41(2,3)4,36-26-16-8-17-27-36)37-28-18-9-19-29-37/h5-29,38-40,43H,1,30-31H2,2-4H3/t38?,39?,40-/m0/s1. The maximum Gasteiger partial charge on any atom is 0.261 e. The number of hydrogen-bond donors (Lipinski definition) is 1. The maximum atomic E-state index is 11.3. The van der Waals surface area contributed by atoms with Crippen LogP contribution in [0.15, 0.2) is 164 Å². The summed E-state index contributed by atoms with van der Waals surface area (Å²) in [4.78, 5) is 0. The van der Waals surface area contributed by atoms with Crippen molar-refractivity contribution < 1.29 is 14.3 Å². The highest BCUT2D eigenvalue weighted by Crippen LogP contribution is 2.45. The zero-order chi connectivity index (χ0) is 32.2. The first-order chi connectivity index (χ1) is 22.3. The number of hydrogen-bond acceptors (Lipinski definition) is 3. The van der Waals surface area contributed by atoms with Crippen LogP contribution >= 0.6 is 0 Å². The summed E-state index contributed by atoms with van der Waals surface area (Å²) >= 11 is 0. The molecule has 1 saturated carbocycles. The summed E-state index contributed by atoms with van der Waals surface area (Å²) < 4.78 is 14.9. The minimum atomic E-state index is -2.89. The van der Waals surface area contributed by atoms with Gasteiger partial charge in [0.15, 0.2) is 0 Å². The highest BCUT2D eigenvalue weighted by Gasteiger charge is 2.54. The fourth-order valence-corrected chi connectivity index (χ4v) is 12.0. The smallest absolute Gasteiger partial charge is 0.261 e. The monoisotopic (exact) mass is 624 g/mol. The number of aliphatic hydroxyl groups excluding tert-OH is 1. The third-order valence-corrected chi connectivity index (χ3v) is 14.6. The van der Waals surface area contributed by atoms with Crippen LogP contribution in [-0.2, 0) is 14.8 Å². The zero-order valence-electron chi connectivity index (χ0n) is 27.1. The predicted molar refractivity (Wildman–Crippen MR) is 191 cm³/mol. The van der Waals surface area contributed by atoms with E-state index in [9.17, 15) is 5.11 Å². The zero-order valence-corrected chi connectivity index (χ0v) is 28.1. The topological polar surface area (TPSA) is 38.7 Å². The Morgan fingerprint density at radius 3 is 1.37 bits per heavy atom. The largest absolute Gasteiger partial charge is 0.404 e. The van der Waals surface area contributed by atoms with Crippen LogP contribution in [0.25, 0.3) is 0 Å². The first kappa shape index (κ1) is 31.9. The Bertz CT molecular complexity index is 1560. The Balaban J connectivity index is 1.45.